The predicted octanol–water partition coefficient (Wildman–Crippen LogP) is 2.54. The maximum absolute atomic E-state index is 13.4. The summed E-state index contributed by atoms with van der Waals surface area (Å²) in [5.41, 5.74) is 6.09. The highest BCUT2D eigenvalue weighted by Crippen LogP contribution is 2.41. The molecule has 1 aliphatic rings. The van der Waals surface area contributed by atoms with E-state index >= 15 is 0 Å². The van der Waals surface area contributed by atoms with Crippen LogP contribution in [0.5, 0.6) is 0 Å². The summed E-state index contributed by atoms with van der Waals surface area (Å²) in [6, 6.07) is 2.76. The molecule has 1 aromatic rings. The minimum Gasteiger partial charge on any atom is -0.327 e. The molecule has 0 aromatic heterocycles. The number of halogens is 3. The van der Waals surface area contributed by atoms with Crippen molar-refractivity contribution >= 4 is 15.9 Å². The third kappa shape index (κ3) is 1.48. The SMILES string of the molecule is NC1CC1c1ccc(F)c(Br)c1F. The quantitative estimate of drug-likeness (QED) is 0.759. The van der Waals surface area contributed by atoms with E-state index in [2.05, 4.69) is 15.9 Å². The molecule has 0 spiro atoms. The normalized spacial score (nSPS) is 26.2. The molecule has 2 N–H and O–H groups in total. The van der Waals surface area contributed by atoms with Gasteiger partial charge in [0, 0.05) is 12.0 Å². The van der Waals surface area contributed by atoms with Crippen LogP contribution in [-0.4, -0.2) is 6.04 Å². The minimum atomic E-state index is -0.574. The number of benzene rings is 1. The zero-order valence-electron chi connectivity index (χ0n) is 6.73. The van der Waals surface area contributed by atoms with Gasteiger partial charge >= 0.3 is 0 Å². The predicted molar refractivity (Wildman–Crippen MR) is 49.4 cm³/mol. The lowest BCUT2D eigenvalue weighted by atomic mass is 10.1. The van der Waals surface area contributed by atoms with Gasteiger partial charge in [0.25, 0.3) is 0 Å². The molecule has 1 nitrogen and oxygen atoms in total. The summed E-state index contributed by atoms with van der Waals surface area (Å²) in [5, 5.41) is 0. The van der Waals surface area contributed by atoms with E-state index in [1.807, 2.05) is 0 Å². The third-order valence-electron chi connectivity index (χ3n) is 2.30. The summed E-state index contributed by atoms with van der Waals surface area (Å²) < 4.78 is 26.1. The molecule has 1 saturated carbocycles. The first-order chi connectivity index (χ1) is 6.11. The average Bonchev–Trinajstić information content (AvgIpc) is 2.79. The molecule has 0 aliphatic heterocycles. The van der Waals surface area contributed by atoms with E-state index in [-0.39, 0.29) is 16.4 Å². The summed E-state index contributed by atoms with van der Waals surface area (Å²) in [5.74, 6) is -1.02. The van der Waals surface area contributed by atoms with Crippen molar-refractivity contribution < 1.29 is 8.78 Å². The monoisotopic (exact) mass is 247 g/mol. The second-order valence-electron chi connectivity index (χ2n) is 3.27. The zero-order chi connectivity index (χ0) is 9.59. The molecule has 1 fully saturated rings. The second kappa shape index (κ2) is 3.03. The zero-order valence-corrected chi connectivity index (χ0v) is 8.31. The molecule has 13 heavy (non-hydrogen) atoms. The Hall–Kier alpha value is -0.480. The fourth-order valence-corrected chi connectivity index (χ4v) is 1.76. The first-order valence-electron chi connectivity index (χ1n) is 4.00. The Morgan fingerprint density at radius 1 is 1.38 bits per heavy atom. The van der Waals surface area contributed by atoms with Crippen molar-refractivity contribution in [2.45, 2.75) is 18.4 Å². The van der Waals surface area contributed by atoms with Gasteiger partial charge in [0.1, 0.15) is 11.6 Å². The van der Waals surface area contributed by atoms with Crippen molar-refractivity contribution in [1.29, 1.82) is 0 Å². The highest BCUT2D eigenvalue weighted by atomic mass is 79.9. The molecule has 0 amide bonds. The lowest BCUT2D eigenvalue weighted by Crippen LogP contribution is -2.03. The first kappa shape index (κ1) is 9.09. The maximum atomic E-state index is 13.4. The van der Waals surface area contributed by atoms with Gasteiger partial charge < -0.3 is 5.73 Å². The van der Waals surface area contributed by atoms with Gasteiger partial charge in [-0.3, -0.25) is 0 Å². The Bertz CT molecular complexity index is 354. The Labute approximate surface area is 83.1 Å². The first-order valence-corrected chi connectivity index (χ1v) is 4.79. The third-order valence-corrected chi connectivity index (χ3v) is 3.03. The van der Waals surface area contributed by atoms with Crippen molar-refractivity contribution in [3.05, 3.63) is 33.8 Å². The number of hydrogen-bond acceptors (Lipinski definition) is 1. The van der Waals surface area contributed by atoms with Crippen LogP contribution >= 0.6 is 15.9 Å². The largest absolute Gasteiger partial charge is 0.327 e. The van der Waals surface area contributed by atoms with E-state index in [1.165, 1.54) is 12.1 Å². The molecule has 2 atom stereocenters. The molecule has 1 aliphatic carbocycles. The molecule has 0 heterocycles. The summed E-state index contributed by atoms with van der Waals surface area (Å²) in [4.78, 5) is 0. The fourth-order valence-electron chi connectivity index (χ4n) is 1.40. The molecule has 4 heteroatoms. The average molecular weight is 248 g/mol. The summed E-state index contributed by atoms with van der Waals surface area (Å²) in [6.07, 6.45) is 0.787. The topological polar surface area (TPSA) is 26.0 Å². The van der Waals surface area contributed by atoms with Gasteiger partial charge in [0.15, 0.2) is 0 Å². The van der Waals surface area contributed by atoms with Gasteiger partial charge in [-0.15, -0.1) is 0 Å². The van der Waals surface area contributed by atoms with Crippen molar-refractivity contribution in [3.8, 4) is 0 Å². The van der Waals surface area contributed by atoms with E-state index < -0.39 is 11.6 Å². The van der Waals surface area contributed by atoms with Crippen molar-refractivity contribution in [1.82, 2.24) is 0 Å². The summed E-state index contributed by atoms with van der Waals surface area (Å²) >= 11 is 2.86. The van der Waals surface area contributed by atoms with Gasteiger partial charge in [-0.2, -0.15) is 0 Å². The lowest BCUT2D eigenvalue weighted by molar-refractivity contribution is 0.560. The second-order valence-corrected chi connectivity index (χ2v) is 4.06. The number of hydrogen-bond donors (Lipinski definition) is 1. The van der Waals surface area contributed by atoms with Gasteiger partial charge in [-0.1, -0.05) is 6.07 Å². The van der Waals surface area contributed by atoms with Crippen LogP contribution in [0.25, 0.3) is 0 Å². The van der Waals surface area contributed by atoms with Crippen molar-refractivity contribution in [2.75, 3.05) is 0 Å². The summed E-state index contributed by atoms with van der Waals surface area (Å²) in [6.45, 7) is 0. The van der Waals surface area contributed by atoms with E-state index in [1.54, 1.807) is 0 Å². The van der Waals surface area contributed by atoms with Gasteiger partial charge in [-0.25, -0.2) is 8.78 Å². The van der Waals surface area contributed by atoms with Crippen LogP contribution in [0.3, 0.4) is 0 Å². The molecule has 1 aromatic carbocycles. The Kier molecular flexibility index (Phi) is 2.12. The molecule has 2 rings (SSSR count). The number of rotatable bonds is 1. The Balaban J connectivity index is 2.43. The fraction of sp³-hybridized carbons (Fsp3) is 0.333. The smallest absolute Gasteiger partial charge is 0.143 e. The van der Waals surface area contributed by atoms with Crippen molar-refractivity contribution in [3.63, 3.8) is 0 Å². The van der Waals surface area contributed by atoms with E-state index in [0.29, 0.717) is 5.56 Å². The van der Waals surface area contributed by atoms with Gasteiger partial charge in [0.05, 0.1) is 4.47 Å². The molecular formula is C9H8BrF2N. The summed E-state index contributed by atoms with van der Waals surface area (Å²) in [7, 11) is 0. The molecule has 0 radical (unpaired) electrons. The lowest BCUT2D eigenvalue weighted by Gasteiger charge is -2.03. The highest BCUT2D eigenvalue weighted by molar-refractivity contribution is 9.10. The minimum absolute atomic E-state index is 0.0341. The van der Waals surface area contributed by atoms with Gasteiger partial charge in [-0.05, 0) is 34.0 Å². The van der Waals surface area contributed by atoms with Crippen LogP contribution in [0.15, 0.2) is 16.6 Å². The van der Waals surface area contributed by atoms with Crippen LogP contribution in [0.1, 0.15) is 17.9 Å². The van der Waals surface area contributed by atoms with Crippen LogP contribution in [-0.2, 0) is 0 Å². The van der Waals surface area contributed by atoms with Crippen molar-refractivity contribution in [2.24, 2.45) is 5.73 Å². The Morgan fingerprint density at radius 2 is 2.00 bits per heavy atom. The molecular weight excluding hydrogens is 240 g/mol. The molecule has 70 valence electrons. The van der Waals surface area contributed by atoms with Crippen LogP contribution < -0.4 is 5.73 Å². The standard InChI is InChI=1S/C9H8BrF2N/c10-8-6(11)2-1-4(9(8)12)5-3-7(5)13/h1-2,5,7H,3,13H2. The maximum Gasteiger partial charge on any atom is 0.143 e. The van der Waals surface area contributed by atoms with Gasteiger partial charge in [0.2, 0.25) is 0 Å². The highest BCUT2D eigenvalue weighted by Gasteiger charge is 2.37. The molecule has 0 bridgehead atoms. The van der Waals surface area contributed by atoms with Crippen LogP contribution in [0.4, 0.5) is 8.78 Å². The van der Waals surface area contributed by atoms with E-state index in [4.69, 9.17) is 5.73 Å². The molecule has 0 saturated heterocycles. The van der Waals surface area contributed by atoms with Crippen LogP contribution in [0, 0.1) is 11.6 Å². The van der Waals surface area contributed by atoms with E-state index in [9.17, 15) is 8.78 Å². The number of nitrogens with two attached hydrogens (primary N) is 1. The molecule has 2 unspecified atom stereocenters. The van der Waals surface area contributed by atoms with E-state index in [0.717, 1.165) is 6.42 Å². The Morgan fingerprint density at radius 3 is 2.54 bits per heavy atom. The van der Waals surface area contributed by atoms with Crippen LogP contribution in [0.2, 0.25) is 0 Å².